The molecule has 0 N–H and O–H groups in total. The fourth-order valence-corrected chi connectivity index (χ4v) is 2.09. The van der Waals surface area contributed by atoms with E-state index in [4.69, 9.17) is 11.6 Å². The lowest BCUT2D eigenvalue weighted by atomic mass is 10.2. The molecule has 0 nitrogen and oxygen atoms in total. The van der Waals surface area contributed by atoms with Gasteiger partial charge in [0.15, 0.2) is 0 Å². The van der Waals surface area contributed by atoms with E-state index in [0.717, 1.165) is 15.6 Å². The molecule has 0 saturated carbocycles. The maximum atomic E-state index is 6.26. The van der Waals surface area contributed by atoms with E-state index in [9.17, 15) is 0 Å². The third-order valence-corrected chi connectivity index (χ3v) is 3.61. The Morgan fingerprint density at radius 2 is 1.22 bits per heavy atom. The van der Waals surface area contributed by atoms with E-state index in [1.54, 1.807) is 0 Å². The van der Waals surface area contributed by atoms with Crippen LogP contribution >= 0.6 is 27.5 Å². The maximum absolute atomic E-state index is 6.26. The molecular weight excluding hydrogens is 308 g/mol. The first-order chi connectivity index (χ1) is 8.75. The highest BCUT2D eigenvalue weighted by molar-refractivity contribution is 9.12. The van der Waals surface area contributed by atoms with Crippen LogP contribution in [0.5, 0.6) is 0 Å². The first-order valence-electron chi connectivity index (χ1n) is 5.60. The lowest BCUT2D eigenvalue weighted by molar-refractivity contribution is 1.64. The Kier molecular flexibility index (Phi) is 4.80. The summed E-state index contributed by atoms with van der Waals surface area (Å²) in [7, 11) is 0. The zero-order chi connectivity index (χ0) is 12.8. The quantitative estimate of drug-likeness (QED) is 0.636. The first-order valence-corrected chi connectivity index (χ1v) is 6.77. The summed E-state index contributed by atoms with van der Waals surface area (Å²) >= 11 is 9.76. The van der Waals surface area contributed by atoms with Crippen LogP contribution < -0.4 is 0 Å². The molecule has 18 heavy (non-hydrogen) atoms. The van der Waals surface area contributed by atoms with Gasteiger partial charge >= 0.3 is 0 Å². The maximum Gasteiger partial charge on any atom is 0.0554 e. The fourth-order valence-electron chi connectivity index (χ4n) is 1.53. The first kappa shape index (κ1) is 13.1. The van der Waals surface area contributed by atoms with Gasteiger partial charge in [0.2, 0.25) is 0 Å². The van der Waals surface area contributed by atoms with Crippen LogP contribution in [0.25, 0.3) is 12.2 Å². The Balaban J connectivity index is 2.21. The smallest absolute Gasteiger partial charge is 0.0554 e. The van der Waals surface area contributed by atoms with E-state index < -0.39 is 0 Å². The largest absolute Gasteiger partial charge is 0.0831 e. The average Bonchev–Trinajstić information content (AvgIpc) is 2.41. The highest BCUT2D eigenvalue weighted by atomic mass is 79.9. The second-order valence-corrected chi connectivity index (χ2v) is 5.07. The van der Waals surface area contributed by atoms with Gasteiger partial charge in [-0.15, -0.1) is 0 Å². The van der Waals surface area contributed by atoms with Gasteiger partial charge in [0.05, 0.1) is 5.03 Å². The van der Waals surface area contributed by atoms with Crippen LogP contribution in [0, 0.1) is 0 Å². The van der Waals surface area contributed by atoms with E-state index in [0.29, 0.717) is 5.03 Å². The predicted octanol–water partition coefficient (Wildman–Crippen LogP) is 5.70. The molecule has 0 aliphatic rings. The monoisotopic (exact) mass is 318 g/mol. The van der Waals surface area contributed by atoms with E-state index in [1.165, 1.54) is 0 Å². The molecular formula is C16H12BrCl. The van der Waals surface area contributed by atoms with Crippen molar-refractivity contribution in [2.75, 3.05) is 0 Å². The van der Waals surface area contributed by atoms with Crippen molar-refractivity contribution in [2.24, 2.45) is 0 Å². The molecule has 2 rings (SSSR count). The lowest BCUT2D eigenvalue weighted by Crippen LogP contribution is -1.76. The van der Waals surface area contributed by atoms with Gasteiger partial charge in [-0.1, -0.05) is 72.3 Å². The van der Waals surface area contributed by atoms with Crippen molar-refractivity contribution < 1.29 is 0 Å². The van der Waals surface area contributed by atoms with Crippen LogP contribution in [0.15, 0.2) is 70.2 Å². The molecule has 0 radical (unpaired) electrons. The minimum atomic E-state index is 0.685. The summed E-state index contributed by atoms with van der Waals surface area (Å²) in [6, 6.07) is 20.1. The van der Waals surface area contributed by atoms with Gasteiger partial charge in [-0.25, -0.2) is 0 Å². The van der Waals surface area contributed by atoms with Gasteiger partial charge in [0, 0.05) is 4.48 Å². The van der Waals surface area contributed by atoms with E-state index in [1.807, 2.05) is 72.8 Å². The summed E-state index contributed by atoms with van der Waals surface area (Å²) in [5, 5.41) is 0.685. The van der Waals surface area contributed by atoms with Crippen LogP contribution in [0.2, 0.25) is 0 Å². The van der Waals surface area contributed by atoms with Crippen molar-refractivity contribution in [3.63, 3.8) is 0 Å². The molecule has 0 amide bonds. The van der Waals surface area contributed by atoms with Gasteiger partial charge in [0.1, 0.15) is 0 Å². The third kappa shape index (κ3) is 3.86. The second kappa shape index (κ2) is 6.58. The number of allylic oxidation sites excluding steroid dienone is 2. The molecule has 2 heteroatoms. The highest BCUT2D eigenvalue weighted by Crippen LogP contribution is 2.26. The van der Waals surface area contributed by atoms with Crippen molar-refractivity contribution in [1.29, 1.82) is 0 Å². The summed E-state index contributed by atoms with van der Waals surface area (Å²) < 4.78 is 0.874. The molecule has 0 bridgehead atoms. The molecule has 2 aromatic rings. The summed E-state index contributed by atoms with van der Waals surface area (Å²) in [6.45, 7) is 0. The molecule has 2 aromatic carbocycles. The summed E-state index contributed by atoms with van der Waals surface area (Å²) in [6.07, 6.45) is 3.94. The minimum Gasteiger partial charge on any atom is -0.0831 e. The van der Waals surface area contributed by atoms with E-state index in [2.05, 4.69) is 15.9 Å². The number of hydrogen-bond donors (Lipinski definition) is 0. The van der Waals surface area contributed by atoms with Crippen LogP contribution in [-0.4, -0.2) is 0 Å². The van der Waals surface area contributed by atoms with Crippen molar-refractivity contribution in [1.82, 2.24) is 0 Å². The molecule has 0 spiro atoms. The van der Waals surface area contributed by atoms with Crippen LogP contribution in [-0.2, 0) is 0 Å². The number of hydrogen-bond acceptors (Lipinski definition) is 0. The van der Waals surface area contributed by atoms with Crippen LogP contribution in [0.1, 0.15) is 11.1 Å². The Labute approximate surface area is 121 Å². The van der Waals surface area contributed by atoms with Crippen LogP contribution in [0.3, 0.4) is 0 Å². The van der Waals surface area contributed by atoms with Crippen LogP contribution in [0.4, 0.5) is 0 Å². The third-order valence-electron chi connectivity index (χ3n) is 2.41. The van der Waals surface area contributed by atoms with Gasteiger partial charge in [-0.2, -0.15) is 0 Å². The summed E-state index contributed by atoms with van der Waals surface area (Å²) in [4.78, 5) is 0. The SMILES string of the molecule is ClC(=Cc1ccccc1)C(Br)=Cc1ccccc1. The molecule has 0 heterocycles. The standard InChI is InChI=1S/C16H12BrCl/c17-15(11-13-7-3-1-4-8-13)16(18)12-14-9-5-2-6-10-14/h1-12H. The van der Waals surface area contributed by atoms with Crippen molar-refractivity contribution in [2.45, 2.75) is 0 Å². The van der Waals surface area contributed by atoms with E-state index >= 15 is 0 Å². The predicted molar refractivity (Wildman–Crippen MR) is 83.6 cm³/mol. The zero-order valence-electron chi connectivity index (χ0n) is 9.68. The Morgan fingerprint density at radius 3 is 1.72 bits per heavy atom. The number of rotatable bonds is 3. The molecule has 0 aliphatic carbocycles. The molecule has 90 valence electrons. The minimum absolute atomic E-state index is 0.685. The molecule has 0 saturated heterocycles. The average molecular weight is 320 g/mol. The zero-order valence-corrected chi connectivity index (χ0v) is 12.0. The molecule has 0 aliphatic heterocycles. The van der Waals surface area contributed by atoms with Crippen molar-refractivity contribution in [3.05, 3.63) is 81.3 Å². The van der Waals surface area contributed by atoms with Crippen molar-refractivity contribution >= 4 is 39.7 Å². The summed E-state index contributed by atoms with van der Waals surface area (Å²) in [5.74, 6) is 0. The Hall–Kier alpha value is -1.31. The fraction of sp³-hybridized carbons (Fsp3) is 0. The Morgan fingerprint density at radius 1 is 0.778 bits per heavy atom. The number of halogens is 2. The Bertz CT molecular complexity index is 503. The van der Waals surface area contributed by atoms with Gasteiger partial charge in [-0.05, 0) is 39.2 Å². The number of benzene rings is 2. The van der Waals surface area contributed by atoms with E-state index in [-0.39, 0.29) is 0 Å². The van der Waals surface area contributed by atoms with Crippen molar-refractivity contribution in [3.8, 4) is 0 Å². The molecule has 0 fully saturated rings. The topological polar surface area (TPSA) is 0 Å². The highest BCUT2D eigenvalue weighted by Gasteiger charge is 1.99. The molecule has 0 aromatic heterocycles. The lowest BCUT2D eigenvalue weighted by Gasteiger charge is -1.99. The molecule has 0 unspecified atom stereocenters. The summed E-state index contributed by atoms with van der Waals surface area (Å²) in [5.41, 5.74) is 2.20. The normalized spacial score (nSPS) is 12.6. The van der Waals surface area contributed by atoms with Gasteiger partial charge < -0.3 is 0 Å². The molecule has 0 atom stereocenters. The van der Waals surface area contributed by atoms with Gasteiger partial charge in [-0.3, -0.25) is 0 Å². The second-order valence-electron chi connectivity index (χ2n) is 3.81. The van der Waals surface area contributed by atoms with Gasteiger partial charge in [0.25, 0.3) is 0 Å².